The number of para-hydroxylation sites is 3. The molecule has 2 aromatic heterocycles. The molecule has 9 nitrogen and oxygen atoms in total. The highest BCUT2D eigenvalue weighted by Gasteiger charge is 2.25. The van der Waals surface area contributed by atoms with Gasteiger partial charge < -0.3 is 15.4 Å². The smallest absolute Gasteiger partial charge is 0.293 e. The molecule has 0 aliphatic carbocycles. The van der Waals surface area contributed by atoms with Crippen molar-refractivity contribution < 1.29 is 4.74 Å². The Morgan fingerprint density at radius 1 is 1.14 bits per heavy atom. The first kappa shape index (κ1) is 23.0. The van der Waals surface area contributed by atoms with E-state index in [0.29, 0.717) is 53.0 Å². The molecule has 0 radical (unpaired) electrons. The predicted molar refractivity (Wildman–Crippen MR) is 144 cm³/mol. The van der Waals surface area contributed by atoms with E-state index >= 15 is 0 Å². The zero-order chi connectivity index (χ0) is 25.4. The molecule has 1 saturated heterocycles. The van der Waals surface area contributed by atoms with Gasteiger partial charge in [-0.2, -0.15) is 5.10 Å². The Balaban J connectivity index is 1.46. The third kappa shape index (κ3) is 4.26. The summed E-state index contributed by atoms with van der Waals surface area (Å²) in [6.07, 6.45) is 3.61. The molecule has 0 amide bonds. The number of imidazole rings is 1. The van der Waals surface area contributed by atoms with Crippen LogP contribution in [-0.2, 0) is 13.1 Å². The van der Waals surface area contributed by atoms with E-state index in [2.05, 4.69) is 21.8 Å². The molecule has 2 aliphatic rings. The number of hydrogen-bond acceptors (Lipinski definition) is 7. The molecule has 2 aromatic carbocycles. The van der Waals surface area contributed by atoms with Crippen LogP contribution in [0, 0.1) is 11.8 Å². The van der Waals surface area contributed by atoms with Crippen molar-refractivity contribution in [1.82, 2.24) is 19.3 Å². The fourth-order valence-electron chi connectivity index (χ4n) is 4.94. The Morgan fingerprint density at radius 3 is 2.78 bits per heavy atom. The van der Waals surface area contributed by atoms with Gasteiger partial charge in [0.2, 0.25) is 5.95 Å². The second kappa shape index (κ2) is 9.56. The lowest BCUT2D eigenvalue weighted by Crippen LogP contribution is -2.44. The number of piperidine rings is 1. The van der Waals surface area contributed by atoms with E-state index in [0.717, 1.165) is 24.9 Å². The molecule has 0 saturated carbocycles. The van der Waals surface area contributed by atoms with Gasteiger partial charge in [-0.1, -0.05) is 30.2 Å². The lowest BCUT2D eigenvalue weighted by Gasteiger charge is -2.31. The van der Waals surface area contributed by atoms with Crippen LogP contribution in [0.15, 0.2) is 64.5 Å². The highest BCUT2D eigenvalue weighted by molar-refractivity contribution is 6.05. The van der Waals surface area contributed by atoms with Crippen molar-refractivity contribution in [3.05, 3.63) is 70.6 Å². The lowest BCUT2D eigenvalue weighted by atomic mass is 10.1. The van der Waals surface area contributed by atoms with Gasteiger partial charge in [0.05, 0.1) is 25.0 Å². The molecule has 4 aromatic rings. The number of hydrogen-bond donors (Lipinski definition) is 1. The minimum absolute atomic E-state index is 0.0764. The second-order valence-electron chi connectivity index (χ2n) is 9.24. The molecule has 6 rings (SSSR count). The molecular formula is C28H27N7O2. The molecule has 37 heavy (non-hydrogen) atoms. The minimum atomic E-state index is -0.242. The summed E-state index contributed by atoms with van der Waals surface area (Å²) in [5.41, 5.74) is 9.24. The van der Waals surface area contributed by atoms with Crippen LogP contribution in [-0.4, -0.2) is 44.2 Å². The fourth-order valence-corrected chi connectivity index (χ4v) is 4.94. The first-order valence-electron chi connectivity index (χ1n) is 12.4. The average Bonchev–Trinajstić information content (AvgIpc) is 3.21. The average molecular weight is 494 g/mol. The monoisotopic (exact) mass is 493 g/mol. The maximum atomic E-state index is 13.9. The van der Waals surface area contributed by atoms with Crippen molar-refractivity contribution in [2.45, 2.75) is 38.9 Å². The number of aliphatic imine (C=N–C) groups is 1. The Morgan fingerprint density at radius 2 is 1.95 bits per heavy atom. The Labute approximate surface area is 214 Å². The van der Waals surface area contributed by atoms with Gasteiger partial charge in [0.15, 0.2) is 5.75 Å². The zero-order valence-corrected chi connectivity index (χ0v) is 20.6. The van der Waals surface area contributed by atoms with Gasteiger partial charge in [0.25, 0.3) is 5.56 Å². The van der Waals surface area contributed by atoms with Crippen molar-refractivity contribution in [1.29, 1.82) is 0 Å². The van der Waals surface area contributed by atoms with Crippen LogP contribution in [0.25, 0.3) is 11.0 Å². The molecule has 4 heterocycles. The van der Waals surface area contributed by atoms with Crippen LogP contribution in [0.5, 0.6) is 11.5 Å². The van der Waals surface area contributed by atoms with E-state index in [-0.39, 0.29) is 18.1 Å². The predicted octanol–water partition coefficient (Wildman–Crippen LogP) is 3.47. The summed E-state index contributed by atoms with van der Waals surface area (Å²) in [4.78, 5) is 25.7. The van der Waals surface area contributed by atoms with E-state index < -0.39 is 0 Å². The van der Waals surface area contributed by atoms with Gasteiger partial charge in [0.1, 0.15) is 22.5 Å². The van der Waals surface area contributed by atoms with Crippen molar-refractivity contribution in [2.24, 2.45) is 10.7 Å². The minimum Gasteiger partial charge on any atom is -0.454 e. The summed E-state index contributed by atoms with van der Waals surface area (Å²) < 4.78 is 9.48. The number of nitrogens with zero attached hydrogens (tertiary/aromatic N) is 6. The van der Waals surface area contributed by atoms with Gasteiger partial charge >= 0.3 is 0 Å². The zero-order valence-electron chi connectivity index (χ0n) is 20.6. The molecular weight excluding hydrogens is 466 g/mol. The van der Waals surface area contributed by atoms with Crippen LogP contribution >= 0.6 is 0 Å². The van der Waals surface area contributed by atoms with Crippen LogP contribution in [0.4, 0.5) is 11.6 Å². The molecule has 1 atom stereocenters. The molecule has 0 spiro atoms. The maximum Gasteiger partial charge on any atom is 0.293 e. The third-order valence-corrected chi connectivity index (χ3v) is 6.72. The van der Waals surface area contributed by atoms with Crippen molar-refractivity contribution in [3.63, 3.8) is 0 Å². The summed E-state index contributed by atoms with van der Waals surface area (Å²) in [5.74, 6) is 8.10. The van der Waals surface area contributed by atoms with E-state index in [4.69, 9.17) is 20.4 Å². The molecule has 2 aliphatic heterocycles. The molecule has 0 unspecified atom stereocenters. The summed E-state index contributed by atoms with van der Waals surface area (Å²) in [7, 11) is 0. The van der Waals surface area contributed by atoms with Crippen molar-refractivity contribution in [3.8, 4) is 23.3 Å². The number of rotatable bonds is 4. The van der Waals surface area contributed by atoms with E-state index in [1.54, 1.807) is 13.1 Å². The largest absolute Gasteiger partial charge is 0.454 e. The fraction of sp³-hybridized carbons (Fsp3) is 0.286. The molecule has 2 N–H and O–H groups in total. The Bertz CT molecular complexity index is 1640. The Kier molecular flexibility index (Phi) is 5.94. The normalized spacial score (nSPS) is 16.6. The van der Waals surface area contributed by atoms with Gasteiger partial charge in [-0.15, -0.1) is 5.92 Å². The van der Waals surface area contributed by atoms with Crippen LogP contribution in [0.2, 0.25) is 0 Å². The van der Waals surface area contributed by atoms with Crippen molar-refractivity contribution >= 4 is 28.4 Å². The summed E-state index contributed by atoms with van der Waals surface area (Å²) in [6, 6.07) is 15.4. The van der Waals surface area contributed by atoms with Gasteiger partial charge in [-0.3, -0.25) is 9.36 Å². The molecule has 0 bridgehead atoms. The van der Waals surface area contributed by atoms with Crippen molar-refractivity contribution in [2.75, 3.05) is 18.0 Å². The second-order valence-corrected chi connectivity index (χ2v) is 9.24. The van der Waals surface area contributed by atoms with E-state index in [1.165, 1.54) is 4.68 Å². The van der Waals surface area contributed by atoms with Gasteiger partial charge in [-0.25, -0.2) is 14.7 Å². The number of ether oxygens (including phenoxy) is 1. The summed E-state index contributed by atoms with van der Waals surface area (Å²) in [6.45, 7) is 3.86. The quantitative estimate of drug-likeness (QED) is 0.437. The lowest BCUT2D eigenvalue weighted by molar-refractivity contribution is 0.484. The summed E-state index contributed by atoms with van der Waals surface area (Å²) in [5, 5.41) is 4.48. The van der Waals surface area contributed by atoms with Crippen LogP contribution < -0.4 is 20.9 Å². The molecule has 186 valence electrons. The third-order valence-electron chi connectivity index (χ3n) is 6.72. The van der Waals surface area contributed by atoms with E-state index in [9.17, 15) is 4.79 Å². The number of benzene rings is 2. The van der Waals surface area contributed by atoms with Crippen LogP contribution in [0.3, 0.4) is 0 Å². The standard InChI is InChI=1S/C28H27N7O2/c1-2-3-15-34-26-22(32-28(34)33-14-8-9-19(29)17-33)16-30-35(27(26)36)18-23-20-10-4-6-12-24(20)37-25-13-7-5-11-21(25)31-23/h4-7,10-13,16,19H,8-9,14-15,17-18,29H2,1H3/t19-/m1/s1. The topological polar surface area (TPSA) is 104 Å². The van der Waals surface area contributed by atoms with Crippen LogP contribution in [0.1, 0.15) is 25.3 Å². The molecule has 1 fully saturated rings. The maximum absolute atomic E-state index is 13.9. The highest BCUT2D eigenvalue weighted by atomic mass is 16.5. The summed E-state index contributed by atoms with van der Waals surface area (Å²) >= 11 is 0. The first-order chi connectivity index (χ1) is 18.1. The SMILES string of the molecule is CC#CCn1c(N2CCC[C@@H](N)C2)nc2cnn(CC3=Nc4ccccc4Oc4ccccc43)c(=O)c21. The first-order valence-corrected chi connectivity index (χ1v) is 12.4. The molecule has 9 heteroatoms. The van der Waals surface area contributed by atoms with E-state index in [1.807, 2.05) is 53.1 Å². The highest BCUT2D eigenvalue weighted by Crippen LogP contribution is 2.37. The number of aromatic nitrogens is 4. The Hall–Kier alpha value is -4.42. The van der Waals surface area contributed by atoms with Gasteiger partial charge in [-0.05, 0) is 44.0 Å². The number of anilines is 1. The number of fused-ring (bicyclic) bond motifs is 3. The van der Waals surface area contributed by atoms with Gasteiger partial charge in [0, 0.05) is 24.7 Å². The number of nitrogens with two attached hydrogens (primary N) is 1.